The van der Waals surface area contributed by atoms with Crippen LogP contribution in [-0.4, -0.2) is 15.1 Å². The number of aromatic nitrogens is 2. The van der Waals surface area contributed by atoms with Crippen molar-refractivity contribution in [2.45, 2.75) is 12.5 Å². The second kappa shape index (κ2) is 9.25. The fourth-order valence-corrected chi connectivity index (χ4v) is 4.10. The van der Waals surface area contributed by atoms with Gasteiger partial charge in [0.2, 0.25) is 0 Å². The highest BCUT2D eigenvalue weighted by atomic mass is 127. The van der Waals surface area contributed by atoms with Gasteiger partial charge in [0, 0.05) is 22.2 Å². The normalized spacial score (nSPS) is 10.6. The molecule has 0 bridgehead atoms. The van der Waals surface area contributed by atoms with Crippen molar-refractivity contribution in [1.82, 2.24) is 9.97 Å². The summed E-state index contributed by atoms with van der Waals surface area (Å²) in [6.07, 6.45) is 0. The molecule has 0 unspecified atom stereocenters. The fraction of sp³-hybridized carbons (Fsp3) is 0.100. The Morgan fingerprint density at radius 3 is 1.73 bits per heavy atom. The molecule has 0 fully saturated rings. The number of alkyl halides is 1. The van der Waals surface area contributed by atoms with Gasteiger partial charge in [0.25, 0.3) is 0 Å². The molecule has 0 saturated heterocycles. The molecule has 0 saturated carbocycles. The van der Waals surface area contributed by atoms with E-state index >= 15 is 0 Å². The minimum absolute atomic E-state index is 0.0517. The van der Waals surface area contributed by atoms with Crippen LogP contribution in [-0.2, 0) is 12.5 Å². The molecule has 0 atom stereocenters. The molecule has 3 nitrogen and oxygen atoms in total. The molecule has 6 heteroatoms. The Bertz CT molecular complexity index is 971. The average molecular weight is 589 g/mol. The third kappa shape index (κ3) is 4.62. The zero-order valence-electron chi connectivity index (χ0n) is 13.7. The van der Waals surface area contributed by atoms with E-state index < -0.39 is 0 Å². The molecule has 0 aliphatic carbocycles. The van der Waals surface area contributed by atoms with Gasteiger partial charge in [-0.3, -0.25) is 0 Å². The topological polar surface area (TPSA) is 46.0 Å². The van der Waals surface area contributed by atoms with E-state index in [-0.39, 0.29) is 6.61 Å². The second-order valence-electron chi connectivity index (χ2n) is 5.55. The lowest BCUT2D eigenvalue weighted by Gasteiger charge is -2.02. The van der Waals surface area contributed by atoms with Crippen LogP contribution in [0.2, 0.25) is 0 Å². The second-order valence-corrected chi connectivity index (χ2v) is 7.86. The first-order valence-corrected chi connectivity index (χ1v) is 10.6. The first-order valence-electron chi connectivity index (χ1n) is 7.87. The number of pyridine rings is 2. The molecule has 132 valence electrons. The van der Waals surface area contributed by atoms with Crippen molar-refractivity contribution >= 4 is 78.6 Å². The zero-order chi connectivity index (χ0) is 18.5. The van der Waals surface area contributed by atoms with Crippen molar-refractivity contribution in [3.63, 3.8) is 0 Å². The summed E-state index contributed by atoms with van der Waals surface area (Å²) in [4.78, 5) is 8.82. The average Bonchev–Trinajstić information content (AvgIpc) is 2.67. The summed E-state index contributed by atoms with van der Waals surface area (Å²) < 4.78 is 1.87. The molecule has 1 N–H and O–H groups in total. The largest absolute Gasteiger partial charge is 0.392 e. The lowest BCUT2D eigenvalue weighted by atomic mass is 10.2. The molecule has 2 heterocycles. The standard InChI is InChI=1S/C10H7ClIN.C10H8INO/c11-6-8-5-7-3-1-2-4-9(7)13-10(8)12;11-10-8(6-13)5-7-3-1-2-4-9(7)12-10/h1-5H,6H2;1-5,13H,6H2. The van der Waals surface area contributed by atoms with Crippen molar-refractivity contribution < 1.29 is 5.11 Å². The summed E-state index contributed by atoms with van der Waals surface area (Å²) in [6, 6.07) is 20.0. The molecule has 26 heavy (non-hydrogen) atoms. The summed E-state index contributed by atoms with van der Waals surface area (Å²) in [5, 5.41) is 11.3. The highest BCUT2D eigenvalue weighted by molar-refractivity contribution is 14.1. The summed E-state index contributed by atoms with van der Waals surface area (Å²) in [7, 11) is 0. The van der Waals surface area contributed by atoms with E-state index in [1.165, 1.54) is 0 Å². The van der Waals surface area contributed by atoms with Gasteiger partial charge >= 0.3 is 0 Å². The Labute approximate surface area is 184 Å². The first kappa shape index (κ1) is 19.7. The van der Waals surface area contributed by atoms with Crippen molar-refractivity contribution in [2.75, 3.05) is 0 Å². The maximum Gasteiger partial charge on any atom is 0.107 e. The van der Waals surface area contributed by atoms with E-state index in [2.05, 4.69) is 67.3 Å². The van der Waals surface area contributed by atoms with Crippen LogP contribution >= 0.6 is 56.8 Å². The SMILES string of the molecule is ClCc1cc2ccccc2nc1I.OCc1cc2ccccc2nc1I. The van der Waals surface area contributed by atoms with Crippen LogP contribution in [0, 0.1) is 7.40 Å². The van der Waals surface area contributed by atoms with Gasteiger partial charge in [0.15, 0.2) is 0 Å². The monoisotopic (exact) mass is 588 g/mol. The molecule has 4 rings (SSSR count). The summed E-state index contributed by atoms with van der Waals surface area (Å²) >= 11 is 10.1. The van der Waals surface area contributed by atoms with E-state index in [0.29, 0.717) is 5.88 Å². The number of para-hydroxylation sites is 2. The van der Waals surface area contributed by atoms with Crippen LogP contribution < -0.4 is 0 Å². The summed E-state index contributed by atoms with van der Waals surface area (Å²) in [6.45, 7) is 0.0517. The quantitative estimate of drug-likeness (QED) is 0.180. The van der Waals surface area contributed by atoms with Crippen LogP contribution in [0.5, 0.6) is 0 Å². The van der Waals surface area contributed by atoms with Crippen LogP contribution in [0.25, 0.3) is 21.8 Å². The van der Waals surface area contributed by atoms with Gasteiger partial charge in [0.05, 0.1) is 17.6 Å². The number of aliphatic hydroxyl groups excluding tert-OH is 1. The van der Waals surface area contributed by atoms with Crippen LogP contribution in [0.1, 0.15) is 11.1 Å². The van der Waals surface area contributed by atoms with E-state index in [1.54, 1.807) is 0 Å². The molecular weight excluding hydrogens is 573 g/mol. The van der Waals surface area contributed by atoms with E-state index in [0.717, 1.165) is 40.3 Å². The summed E-state index contributed by atoms with van der Waals surface area (Å²) in [5.41, 5.74) is 3.99. The number of halogens is 3. The minimum Gasteiger partial charge on any atom is -0.392 e. The van der Waals surface area contributed by atoms with Gasteiger partial charge in [-0.25, -0.2) is 9.97 Å². The molecule has 4 aromatic rings. The predicted octanol–water partition coefficient (Wildman–Crippen LogP) is 5.91. The van der Waals surface area contributed by atoms with Crippen LogP contribution in [0.15, 0.2) is 60.7 Å². The molecule has 0 aliphatic rings. The number of hydrogen-bond donors (Lipinski definition) is 1. The van der Waals surface area contributed by atoms with Gasteiger partial charge < -0.3 is 5.11 Å². The van der Waals surface area contributed by atoms with Crippen molar-refractivity contribution in [3.05, 3.63) is 79.2 Å². The van der Waals surface area contributed by atoms with E-state index in [1.807, 2.05) is 48.5 Å². The van der Waals surface area contributed by atoms with E-state index in [9.17, 15) is 0 Å². The highest BCUT2D eigenvalue weighted by Crippen LogP contribution is 2.19. The maximum absolute atomic E-state index is 9.03. The van der Waals surface area contributed by atoms with Gasteiger partial charge in [0.1, 0.15) is 7.40 Å². The van der Waals surface area contributed by atoms with Gasteiger partial charge in [-0.2, -0.15) is 0 Å². The molecule has 2 aromatic heterocycles. The first-order chi connectivity index (χ1) is 12.6. The fourth-order valence-electron chi connectivity index (χ4n) is 2.48. The van der Waals surface area contributed by atoms with Gasteiger partial charge in [-0.1, -0.05) is 36.4 Å². The van der Waals surface area contributed by atoms with Gasteiger partial charge in [-0.15, -0.1) is 11.6 Å². The lowest BCUT2D eigenvalue weighted by Crippen LogP contribution is -1.92. The highest BCUT2D eigenvalue weighted by Gasteiger charge is 2.02. The minimum atomic E-state index is 0.0517. The Kier molecular flexibility index (Phi) is 7.02. The van der Waals surface area contributed by atoms with E-state index in [4.69, 9.17) is 16.7 Å². The molecule has 0 amide bonds. The van der Waals surface area contributed by atoms with Crippen LogP contribution in [0.4, 0.5) is 0 Å². The van der Waals surface area contributed by atoms with Crippen molar-refractivity contribution in [1.29, 1.82) is 0 Å². The number of rotatable bonds is 2. The van der Waals surface area contributed by atoms with Crippen LogP contribution in [0.3, 0.4) is 0 Å². The Morgan fingerprint density at radius 1 is 0.769 bits per heavy atom. The number of fused-ring (bicyclic) bond motifs is 2. The Morgan fingerprint density at radius 2 is 1.23 bits per heavy atom. The zero-order valence-corrected chi connectivity index (χ0v) is 18.7. The van der Waals surface area contributed by atoms with Gasteiger partial charge in [-0.05, 0) is 75.0 Å². The third-order valence-electron chi connectivity index (χ3n) is 3.81. The van der Waals surface area contributed by atoms with Crippen molar-refractivity contribution in [2.24, 2.45) is 0 Å². The molecule has 2 aromatic carbocycles. The smallest absolute Gasteiger partial charge is 0.107 e. The number of aliphatic hydroxyl groups is 1. The third-order valence-corrected chi connectivity index (χ3v) is 5.97. The Balaban J connectivity index is 0.000000151. The summed E-state index contributed by atoms with van der Waals surface area (Å²) in [5.74, 6) is 0.524. The number of nitrogens with zero attached hydrogens (tertiary/aromatic N) is 2. The lowest BCUT2D eigenvalue weighted by molar-refractivity contribution is 0.280. The van der Waals surface area contributed by atoms with Crippen molar-refractivity contribution in [3.8, 4) is 0 Å². The number of hydrogen-bond acceptors (Lipinski definition) is 3. The molecule has 0 aliphatic heterocycles. The number of benzene rings is 2. The molecule has 0 spiro atoms. The molecule has 0 radical (unpaired) electrons. The molecular formula is C20H15ClI2N2O. The predicted molar refractivity (Wildman–Crippen MR) is 124 cm³/mol. The Hall–Kier alpha value is -1.03. The maximum atomic E-state index is 9.03.